The average molecular weight is 368 g/mol. The highest BCUT2D eigenvalue weighted by atomic mass is 79.9. The number of ether oxygens (including phenoxy) is 1. The maximum Gasteiger partial charge on any atom is 0.124 e. The number of halogens is 2. The summed E-state index contributed by atoms with van der Waals surface area (Å²) in [6, 6.07) is 16.4. The summed E-state index contributed by atoms with van der Waals surface area (Å²) in [5.74, 6) is 0.852. The summed E-state index contributed by atoms with van der Waals surface area (Å²) < 4.78 is 6.75. The van der Waals surface area contributed by atoms with Crippen molar-refractivity contribution in [2.75, 3.05) is 6.61 Å². The van der Waals surface area contributed by atoms with Crippen LogP contribution in [0.4, 0.5) is 0 Å². The first-order valence-electron chi connectivity index (χ1n) is 7.08. The summed E-state index contributed by atoms with van der Waals surface area (Å²) in [6.07, 6.45) is 0. The van der Waals surface area contributed by atoms with Crippen LogP contribution in [0.15, 0.2) is 53.0 Å². The third-order valence-electron chi connectivity index (χ3n) is 3.70. The Morgan fingerprint density at radius 3 is 2.43 bits per heavy atom. The largest absolute Gasteiger partial charge is 0.494 e. The lowest BCUT2D eigenvalue weighted by molar-refractivity contribution is 0.332. The zero-order valence-corrected chi connectivity index (χ0v) is 14.9. The van der Waals surface area contributed by atoms with Gasteiger partial charge in [-0.25, -0.2) is 0 Å². The second-order valence-corrected chi connectivity index (χ2v) is 6.92. The van der Waals surface area contributed by atoms with Crippen LogP contribution in [0.2, 0.25) is 0 Å². The fourth-order valence-electron chi connectivity index (χ4n) is 2.41. The van der Waals surface area contributed by atoms with Gasteiger partial charge in [0.2, 0.25) is 0 Å². The summed E-state index contributed by atoms with van der Waals surface area (Å²) in [6.45, 7) is 6.94. The van der Waals surface area contributed by atoms with Crippen molar-refractivity contribution in [3.05, 3.63) is 64.1 Å². The SMILES string of the molecule is CCOc1ccc(Br)cc1C(Cl)C(C)(C)c1ccccc1. The first kappa shape index (κ1) is 16.4. The van der Waals surface area contributed by atoms with Gasteiger partial charge in [0.1, 0.15) is 5.75 Å². The van der Waals surface area contributed by atoms with Gasteiger partial charge in [-0.2, -0.15) is 0 Å². The fourth-order valence-corrected chi connectivity index (χ4v) is 3.08. The first-order valence-corrected chi connectivity index (χ1v) is 8.31. The maximum absolute atomic E-state index is 6.84. The monoisotopic (exact) mass is 366 g/mol. The standard InChI is InChI=1S/C18H20BrClO/c1-4-21-16-11-10-14(19)12-15(16)17(20)18(2,3)13-8-6-5-7-9-13/h5-12,17H,4H2,1-3H3. The minimum atomic E-state index is -0.199. The van der Waals surface area contributed by atoms with E-state index in [1.54, 1.807) is 0 Å². The molecule has 0 amide bonds. The molecule has 2 rings (SSSR count). The molecule has 3 heteroatoms. The second kappa shape index (κ2) is 6.85. The van der Waals surface area contributed by atoms with Gasteiger partial charge in [-0.1, -0.05) is 60.1 Å². The first-order chi connectivity index (χ1) is 9.96. The van der Waals surface area contributed by atoms with E-state index >= 15 is 0 Å². The molecule has 21 heavy (non-hydrogen) atoms. The van der Waals surface area contributed by atoms with Gasteiger partial charge in [0.15, 0.2) is 0 Å². The number of hydrogen-bond acceptors (Lipinski definition) is 1. The smallest absolute Gasteiger partial charge is 0.124 e. The molecule has 0 bridgehead atoms. The van der Waals surface area contributed by atoms with Crippen LogP contribution in [-0.2, 0) is 5.41 Å². The Labute approximate surface area is 140 Å². The average Bonchev–Trinajstić information content (AvgIpc) is 2.49. The Hall–Kier alpha value is -0.990. The molecule has 0 aliphatic carbocycles. The Morgan fingerprint density at radius 2 is 1.81 bits per heavy atom. The van der Waals surface area contributed by atoms with Crippen LogP contribution >= 0.6 is 27.5 Å². The van der Waals surface area contributed by atoms with Crippen molar-refractivity contribution in [2.45, 2.75) is 31.6 Å². The molecule has 2 aromatic carbocycles. The highest BCUT2D eigenvalue weighted by Gasteiger charge is 2.33. The molecule has 0 aromatic heterocycles. The van der Waals surface area contributed by atoms with E-state index in [1.807, 2.05) is 43.3 Å². The third kappa shape index (κ3) is 3.61. The van der Waals surface area contributed by atoms with E-state index in [0.29, 0.717) is 6.61 Å². The van der Waals surface area contributed by atoms with E-state index < -0.39 is 0 Å². The van der Waals surface area contributed by atoms with Crippen molar-refractivity contribution >= 4 is 27.5 Å². The maximum atomic E-state index is 6.84. The summed E-state index contributed by atoms with van der Waals surface area (Å²) >= 11 is 10.4. The molecule has 0 saturated heterocycles. The minimum Gasteiger partial charge on any atom is -0.494 e. The van der Waals surface area contributed by atoms with Crippen molar-refractivity contribution < 1.29 is 4.74 Å². The van der Waals surface area contributed by atoms with Crippen molar-refractivity contribution in [1.82, 2.24) is 0 Å². The second-order valence-electron chi connectivity index (χ2n) is 5.57. The van der Waals surface area contributed by atoms with Crippen LogP contribution in [-0.4, -0.2) is 6.61 Å². The highest BCUT2D eigenvalue weighted by molar-refractivity contribution is 9.10. The third-order valence-corrected chi connectivity index (χ3v) is 4.97. The van der Waals surface area contributed by atoms with Crippen LogP contribution in [0.5, 0.6) is 5.75 Å². The van der Waals surface area contributed by atoms with E-state index in [1.165, 1.54) is 5.56 Å². The molecule has 0 heterocycles. The molecule has 1 nitrogen and oxygen atoms in total. The number of hydrogen-bond donors (Lipinski definition) is 0. The van der Waals surface area contributed by atoms with Gasteiger partial charge in [0.05, 0.1) is 12.0 Å². The quantitative estimate of drug-likeness (QED) is 0.580. The fraction of sp³-hybridized carbons (Fsp3) is 0.333. The van der Waals surface area contributed by atoms with E-state index in [-0.39, 0.29) is 10.8 Å². The molecule has 0 N–H and O–H groups in total. The predicted octanol–water partition coefficient (Wildman–Crippen LogP) is 6.11. The lowest BCUT2D eigenvalue weighted by Gasteiger charge is -2.32. The van der Waals surface area contributed by atoms with Crippen molar-refractivity contribution in [3.8, 4) is 5.75 Å². The van der Waals surface area contributed by atoms with E-state index in [9.17, 15) is 0 Å². The Morgan fingerprint density at radius 1 is 1.14 bits per heavy atom. The predicted molar refractivity (Wildman–Crippen MR) is 93.4 cm³/mol. The van der Waals surface area contributed by atoms with E-state index in [2.05, 4.69) is 41.9 Å². The van der Waals surface area contributed by atoms with Crippen LogP contribution in [0, 0.1) is 0 Å². The van der Waals surface area contributed by atoms with E-state index in [4.69, 9.17) is 16.3 Å². The molecule has 0 radical (unpaired) electrons. The molecule has 2 aromatic rings. The van der Waals surface area contributed by atoms with Gasteiger partial charge in [-0.05, 0) is 30.7 Å². The molecule has 0 fully saturated rings. The minimum absolute atomic E-state index is 0.182. The Kier molecular flexibility index (Phi) is 5.34. The van der Waals surface area contributed by atoms with Crippen LogP contribution in [0.1, 0.15) is 37.3 Å². The summed E-state index contributed by atoms with van der Waals surface area (Å²) in [5.41, 5.74) is 2.03. The summed E-state index contributed by atoms with van der Waals surface area (Å²) in [4.78, 5) is 0. The number of benzene rings is 2. The number of alkyl halides is 1. The normalized spacial score (nSPS) is 13.0. The van der Waals surface area contributed by atoms with Crippen molar-refractivity contribution in [1.29, 1.82) is 0 Å². The summed E-state index contributed by atoms with van der Waals surface area (Å²) in [5, 5.41) is -0.182. The molecular formula is C18H20BrClO. The van der Waals surface area contributed by atoms with Gasteiger partial charge in [-0.15, -0.1) is 11.6 Å². The van der Waals surface area contributed by atoms with Gasteiger partial charge >= 0.3 is 0 Å². The lowest BCUT2D eigenvalue weighted by atomic mass is 9.78. The van der Waals surface area contributed by atoms with Gasteiger partial charge < -0.3 is 4.74 Å². The molecule has 0 spiro atoms. The zero-order chi connectivity index (χ0) is 15.5. The lowest BCUT2D eigenvalue weighted by Crippen LogP contribution is -2.24. The zero-order valence-electron chi connectivity index (χ0n) is 12.6. The van der Waals surface area contributed by atoms with Gasteiger partial charge in [-0.3, -0.25) is 0 Å². The molecule has 1 unspecified atom stereocenters. The highest BCUT2D eigenvalue weighted by Crippen LogP contribution is 2.45. The number of rotatable bonds is 5. The van der Waals surface area contributed by atoms with Crippen LogP contribution in [0.3, 0.4) is 0 Å². The van der Waals surface area contributed by atoms with Gasteiger partial charge in [0, 0.05) is 15.5 Å². The Balaban J connectivity index is 2.43. The van der Waals surface area contributed by atoms with Crippen LogP contribution < -0.4 is 4.74 Å². The van der Waals surface area contributed by atoms with E-state index in [0.717, 1.165) is 15.8 Å². The van der Waals surface area contributed by atoms with Crippen molar-refractivity contribution in [2.24, 2.45) is 0 Å². The topological polar surface area (TPSA) is 9.23 Å². The molecule has 0 aliphatic rings. The van der Waals surface area contributed by atoms with Crippen LogP contribution in [0.25, 0.3) is 0 Å². The molecule has 0 saturated carbocycles. The van der Waals surface area contributed by atoms with Crippen molar-refractivity contribution in [3.63, 3.8) is 0 Å². The van der Waals surface area contributed by atoms with Gasteiger partial charge in [0.25, 0.3) is 0 Å². The summed E-state index contributed by atoms with van der Waals surface area (Å²) in [7, 11) is 0. The Bertz CT molecular complexity index is 595. The molecule has 0 aliphatic heterocycles. The molecular weight excluding hydrogens is 348 g/mol. The molecule has 1 atom stereocenters. The molecule has 112 valence electrons.